The van der Waals surface area contributed by atoms with Gasteiger partial charge in [0, 0.05) is 24.7 Å². The van der Waals surface area contributed by atoms with Crippen LogP contribution in [0.25, 0.3) is 0 Å². The molecule has 6 heteroatoms. The maximum atomic E-state index is 11.5. The third-order valence-corrected chi connectivity index (χ3v) is 4.78. The Balaban J connectivity index is 2.39. The van der Waals surface area contributed by atoms with Crippen LogP contribution in [0, 0.1) is 13.8 Å². The zero-order valence-corrected chi connectivity index (χ0v) is 13.9. The van der Waals surface area contributed by atoms with Gasteiger partial charge >= 0.3 is 0 Å². The van der Waals surface area contributed by atoms with Crippen molar-refractivity contribution in [3.8, 4) is 0 Å². The second-order valence-corrected chi connectivity index (χ2v) is 7.14. The minimum absolute atomic E-state index is 0.209. The third-order valence-electron chi connectivity index (χ3n) is 3.40. The van der Waals surface area contributed by atoms with E-state index < -0.39 is 10.0 Å². The summed E-state index contributed by atoms with van der Waals surface area (Å²) >= 11 is 0. The first kappa shape index (κ1) is 17.2. The van der Waals surface area contributed by atoms with Crippen LogP contribution in [0.2, 0.25) is 0 Å². The molecule has 20 heavy (non-hydrogen) atoms. The van der Waals surface area contributed by atoms with E-state index in [0.717, 1.165) is 30.0 Å². The molecule has 0 aliphatic rings. The summed E-state index contributed by atoms with van der Waals surface area (Å²) in [6.45, 7) is 9.70. The first-order valence-corrected chi connectivity index (χ1v) is 8.86. The van der Waals surface area contributed by atoms with E-state index in [1.807, 2.05) is 26.8 Å². The van der Waals surface area contributed by atoms with Crippen molar-refractivity contribution in [2.75, 3.05) is 25.9 Å². The normalized spacial score (nSPS) is 13.9. The average molecular weight is 302 g/mol. The monoisotopic (exact) mass is 302 g/mol. The second kappa shape index (κ2) is 7.24. The summed E-state index contributed by atoms with van der Waals surface area (Å²) in [7, 11) is -3.08. The molecule has 0 radical (unpaired) electrons. The molecule has 116 valence electrons. The minimum Gasteiger partial charge on any atom is -0.466 e. The van der Waals surface area contributed by atoms with Gasteiger partial charge in [0.05, 0.1) is 6.26 Å². The summed E-state index contributed by atoms with van der Waals surface area (Å²) in [6.07, 6.45) is 2.05. The Morgan fingerprint density at radius 2 is 2.05 bits per heavy atom. The first-order chi connectivity index (χ1) is 9.25. The van der Waals surface area contributed by atoms with Gasteiger partial charge in [0.15, 0.2) is 0 Å². The largest absolute Gasteiger partial charge is 0.466 e. The maximum absolute atomic E-state index is 11.5. The van der Waals surface area contributed by atoms with Crippen molar-refractivity contribution in [3.63, 3.8) is 0 Å². The number of hydrogen-bond donors (Lipinski definition) is 1. The highest BCUT2D eigenvalue weighted by Gasteiger charge is 2.14. The number of aryl methyl sites for hydroxylation is 2. The van der Waals surface area contributed by atoms with E-state index >= 15 is 0 Å². The van der Waals surface area contributed by atoms with Gasteiger partial charge in [0.1, 0.15) is 11.5 Å². The van der Waals surface area contributed by atoms with Crippen molar-refractivity contribution in [2.45, 2.75) is 40.2 Å². The van der Waals surface area contributed by atoms with Crippen LogP contribution in [-0.4, -0.2) is 38.6 Å². The van der Waals surface area contributed by atoms with E-state index in [-0.39, 0.29) is 6.04 Å². The molecule has 0 aromatic carbocycles. The molecule has 1 heterocycles. The van der Waals surface area contributed by atoms with Gasteiger partial charge in [0.25, 0.3) is 0 Å². The molecular weight excluding hydrogens is 276 g/mol. The van der Waals surface area contributed by atoms with Crippen LogP contribution in [0.3, 0.4) is 0 Å². The van der Waals surface area contributed by atoms with Crippen LogP contribution in [0.5, 0.6) is 0 Å². The van der Waals surface area contributed by atoms with Gasteiger partial charge in [-0.3, -0.25) is 0 Å². The molecule has 1 aromatic rings. The van der Waals surface area contributed by atoms with Crippen molar-refractivity contribution in [3.05, 3.63) is 23.2 Å². The number of sulfonamides is 1. The van der Waals surface area contributed by atoms with Crippen LogP contribution < -0.4 is 5.32 Å². The molecule has 0 bridgehead atoms. The molecule has 0 aliphatic carbocycles. The van der Waals surface area contributed by atoms with Crippen molar-refractivity contribution >= 4 is 10.0 Å². The molecule has 0 aliphatic heterocycles. The topological polar surface area (TPSA) is 62.6 Å². The zero-order valence-electron chi connectivity index (χ0n) is 13.1. The molecule has 1 rings (SSSR count). The van der Waals surface area contributed by atoms with Crippen LogP contribution in [0.15, 0.2) is 10.5 Å². The summed E-state index contributed by atoms with van der Waals surface area (Å²) in [5, 5.41) is 3.40. The van der Waals surface area contributed by atoms with Crippen LogP contribution in [-0.2, 0) is 10.0 Å². The number of nitrogens with zero attached hydrogens (tertiary/aromatic N) is 1. The molecule has 0 spiro atoms. The predicted octanol–water partition coefficient (Wildman–Crippen LogP) is 2.22. The molecule has 0 amide bonds. The quantitative estimate of drug-likeness (QED) is 0.748. The Hall–Kier alpha value is -0.850. The highest BCUT2D eigenvalue weighted by Crippen LogP contribution is 2.20. The zero-order chi connectivity index (χ0) is 15.3. The summed E-state index contributed by atoms with van der Waals surface area (Å²) in [6, 6.07) is 2.25. The average Bonchev–Trinajstić information content (AvgIpc) is 2.66. The summed E-state index contributed by atoms with van der Waals surface area (Å²) in [4.78, 5) is 0. The number of furan rings is 1. The van der Waals surface area contributed by atoms with Gasteiger partial charge in [-0.2, -0.15) is 0 Å². The Morgan fingerprint density at radius 3 is 2.50 bits per heavy atom. The summed E-state index contributed by atoms with van der Waals surface area (Å²) in [5.41, 5.74) is 1.16. The van der Waals surface area contributed by atoms with E-state index in [0.29, 0.717) is 13.1 Å². The first-order valence-electron chi connectivity index (χ1n) is 7.01. The Bertz CT molecular complexity index is 523. The molecule has 5 nitrogen and oxygen atoms in total. The van der Waals surface area contributed by atoms with E-state index in [9.17, 15) is 8.42 Å². The van der Waals surface area contributed by atoms with Gasteiger partial charge in [-0.25, -0.2) is 12.7 Å². The SMILES string of the molecule is CCN(CCCNC(C)c1cc(C)oc1C)S(C)(=O)=O. The minimum atomic E-state index is -3.08. The van der Waals surface area contributed by atoms with E-state index in [2.05, 4.69) is 12.2 Å². The lowest BCUT2D eigenvalue weighted by atomic mass is 10.1. The number of rotatable bonds is 8. The number of hydrogen-bond acceptors (Lipinski definition) is 4. The van der Waals surface area contributed by atoms with Crippen LogP contribution in [0.1, 0.15) is 43.4 Å². The summed E-state index contributed by atoms with van der Waals surface area (Å²) in [5.74, 6) is 1.86. The van der Waals surface area contributed by atoms with E-state index in [4.69, 9.17) is 4.42 Å². The highest BCUT2D eigenvalue weighted by atomic mass is 32.2. The van der Waals surface area contributed by atoms with Gasteiger partial charge < -0.3 is 9.73 Å². The van der Waals surface area contributed by atoms with Crippen molar-refractivity contribution in [1.82, 2.24) is 9.62 Å². The van der Waals surface area contributed by atoms with Gasteiger partial charge in [-0.15, -0.1) is 0 Å². The Morgan fingerprint density at radius 1 is 1.40 bits per heavy atom. The highest BCUT2D eigenvalue weighted by molar-refractivity contribution is 7.88. The Labute approximate surface area is 122 Å². The lowest BCUT2D eigenvalue weighted by molar-refractivity contribution is 0.412. The molecule has 1 atom stereocenters. The molecule has 0 saturated carbocycles. The molecule has 0 saturated heterocycles. The molecule has 0 fully saturated rings. The molecule has 1 N–H and O–H groups in total. The predicted molar refractivity (Wildman–Crippen MR) is 81.3 cm³/mol. The van der Waals surface area contributed by atoms with Crippen LogP contribution in [0.4, 0.5) is 0 Å². The van der Waals surface area contributed by atoms with E-state index in [1.165, 1.54) is 10.6 Å². The Kier molecular flexibility index (Phi) is 6.23. The second-order valence-electron chi connectivity index (χ2n) is 5.15. The standard InChI is InChI=1S/C14H26N2O3S/c1-6-16(20(5,17)18)9-7-8-15-12(3)14-10-11(2)19-13(14)4/h10,12,15H,6-9H2,1-5H3. The fourth-order valence-corrected chi connectivity index (χ4v) is 3.25. The lowest BCUT2D eigenvalue weighted by Crippen LogP contribution is -2.32. The molecule has 1 aromatic heterocycles. The van der Waals surface area contributed by atoms with Crippen molar-refractivity contribution < 1.29 is 12.8 Å². The van der Waals surface area contributed by atoms with E-state index in [1.54, 1.807) is 0 Å². The number of nitrogens with one attached hydrogen (secondary N) is 1. The van der Waals surface area contributed by atoms with Gasteiger partial charge in [-0.05, 0) is 39.8 Å². The lowest BCUT2D eigenvalue weighted by Gasteiger charge is -2.19. The fourth-order valence-electron chi connectivity index (χ4n) is 2.32. The summed E-state index contributed by atoms with van der Waals surface area (Å²) < 4.78 is 29.9. The fraction of sp³-hybridized carbons (Fsp3) is 0.714. The smallest absolute Gasteiger partial charge is 0.211 e. The maximum Gasteiger partial charge on any atom is 0.211 e. The van der Waals surface area contributed by atoms with Gasteiger partial charge in [0.2, 0.25) is 10.0 Å². The molecule has 1 unspecified atom stereocenters. The van der Waals surface area contributed by atoms with Crippen LogP contribution >= 0.6 is 0 Å². The third kappa shape index (κ3) is 4.92. The van der Waals surface area contributed by atoms with Crippen molar-refractivity contribution in [1.29, 1.82) is 0 Å². The molecular formula is C14H26N2O3S. The van der Waals surface area contributed by atoms with Gasteiger partial charge in [-0.1, -0.05) is 6.92 Å². The van der Waals surface area contributed by atoms with Crippen molar-refractivity contribution in [2.24, 2.45) is 0 Å².